The van der Waals surface area contributed by atoms with Crippen LogP contribution < -0.4 is 0 Å². The molecule has 0 atom stereocenters. The van der Waals surface area contributed by atoms with Gasteiger partial charge in [-0.25, -0.2) is 0 Å². The van der Waals surface area contributed by atoms with Gasteiger partial charge in [0.2, 0.25) is 0 Å². The maximum absolute atomic E-state index is 12.9. The van der Waals surface area contributed by atoms with Gasteiger partial charge in [0.05, 0.1) is 0 Å². The Morgan fingerprint density at radius 3 is 1.00 bits per heavy atom. The molecule has 2 radical (unpaired) electrons. The van der Waals surface area contributed by atoms with Crippen molar-refractivity contribution in [3.63, 3.8) is 0 Å². The standard InChI is InChI=1S/C14H30O.2C4H2F7.Sn/c1-3-5-7-9-11-13-15-14-12-10-8-6-4-2;2*5-2(6)3(7,8)1-4(9,10)11;/h3-14H2,1-2H3;2*1H2;. The number of halogens is 14. The molecule has 0 aliphatic carbocycles. The van der Waals surface area contributed by atoms with Crippen LogP contribution in [0.25, 0.3) is 0 Å². The molecule has 0 aliphatic heterocycles. The van der Waals surface area contributed by atoms with Crippen LogP contribution in [0.3, 0.4) is 0 Å². The second-order valence-corrected chi connectivity index (χ2v) is 13.0. The van der Waals surface area contributed by atoms with Crippen LogP contribution in [0, 0.1) is 0 Å². The summed E-state index contributed by atoms with van der Waals surface area (Å²) in [6.07, 6.45) is -5.59. The summed E-state index contributed by atoms with van der Waals surface area (Å²) in [4.78, 5) is 0. The molecular formula is C22H34F14OSn. The SMILES string of the molecule is CCCCCCCOCCCCCCC.FC(F)(F)CC(F)(F)[C](F)(F)[Sn][C](F)(F)C(F)(F)CC(F)(F)F. The topological polar surface area (TPSA) is 9.23 Å². The van der Waals surface area contributed by atoms with Crippen LogP contribution in [0.15, 0.2) is 0 Å². The van der Waals surface area contributed by atoms with Crippen molar-refractivity contribution in [3.8, 4) is 0 Å². The fourth-order valence-electron chi connectivity index (χ4n) is 2.82. The van der Waals surface area contributed by atoms with E-state index in [2.05, 4.69) is 13.8 Å². The molecule has 0 aromatic carbocycles. The van der Waals surface area contributed by atoms with Gasteiger partial charge < -0.3 is 4.74 Å². The molecule has 0 bridgehead atoms. The van der Waals surface area contributed by atoms with Crippen LogP contribution in [0.5, 0.6) is 0 Å². The number of hydrogen-bond acceptors (Lipinski definition) is 1. The predicted molar refractivity (Wildman–Crippen MR) is 115 cm³/mol. The molecule has 0 aromatic rings. The van der Waals surface area contributed by atoms with Crippen molar-refractivity contribution in [2.75, 3.05) is 13.2 Å². The van der Waals surface area contributed by atoms with Crippen molar-refractivity contribution < 1.29 is 66.2 Å². The van der Waals surface area contributed by atoms with E-state index in [1.807, 2.05) is 0 Å². The second-order valence-electron chi connectivity index (χ2n) is 8.71. The van der Waals surface area contributed by atoms with Gasteiger partial charge in [0, 0.05) is 13.2 Å². The Balaban J connectivity index is 0. The first-order valence-electron chi connectivity index (χ1n) is 12.1. The summed E-state index contributed by atoms with van der Waals surface area (Å²) >= 11 is -5.79. The van der Waals surface area contributed by atoms with Crippen LogP contribution in [0.2, 0.25) is 0 Å². The van der Waals surface area contributed by atoms with E-state index in [1.54, 1.807) is 0 Å². The second kappa shape index (κ2) is 17.6. The van der Waals surface area contributed by atoms with Gasteiger partial charge in [-0.2, -0.15) is 0 Å². The summed E-state index contributed by atoms with van der Waals surface area (Å²) in [6.45, 7) is 6.48. The molecule has 16 heteroatoms. The van der Waals surface area contributed by atoms with Crippen LogP contribution in [-0.2, 0) is 4.74 Å². The number of ether oxygens (including phenoxy) is 1. The molecule has 1 nitrogen and oxygen atoms in total. The number of unbranched alkanes of at least 4 members (excludes halogenated alkanes) is 8. The maximum atomic E-state index is 12.9. The average molecular weight is 699 g/mol. The summed E-state index contributed by atoms with van der Waals surface area (Å²) < 4.78 is 166. The first kappa shape index (κ1) is 39.9. The average Bonchev–Trinajstić information content (AvgIpc) is 2.68. The van der Waals surface area contributed by atoms with E-state index in [0.29, 0.717) is 0 Å². The quantitative estimate of drug-likeness (QED) is 0.0787. The monoisotopic (exact) mass is 700 g/mol. The van der Waals surface area contributed by atoms with Gasteiger partial charge in [-0.05, 0) is 12.8 Å². The zero-order valence-corrected chi connectivity index (χ0v) is 24.0. The molecule has 0 spiro atoms. The number of alkyl halides is 14. The molecule has 0 fully saturated rings. The first-order valence-corrected chi connectivity index (χ1v) is 14.9. The van der Waals surface area contributed by atoms with Crippen LogP contribution in [0.1, 0.15) is 90.9 Å². The van der Waals surface area contributed by atoms with Crippen LogP contribution in [0.4, 0.5) is 61.5 Å². The van der Waals surface area contributed by atoms with E-state index >= 15 is 0 Å². The molecule has 230 valence electrons. The zero-order chi connectivity index (χ0) is 30.3. The molecule has 0 aromatic heterocycles. The summed E-state index contributed by atoms with van der Waals surface area (Å²) in [6, 6.07) is 0. The van der Waals surface area contributed by atoms with E-state index in [0.717, 1.165) is 13.2 Å². The number of hydrogen-bond donors (Lipinski definition) is 0. The van der Waals surface area contributed by atoms with Crippen molar-refractivity contribution in [3.05, 3.63) is 0 Å². The Hall–Kier alpha value is -0.221. The van der Waals surface area contributed by atoms with Gasteiger partial charge in [0.15, 0.2) is 0 Å². The Morgan fingerprint density at radius 1 is 0.447 bits per heavy atom. The van der Waals surface area contributed by atoms with Gasteiger partial charge in [0.1, 0.15) is 0 Å². The minimum absolute atomic E-state index is 0.984. The van der Waals surface area contributed by atoms with Gasteiger partial charge in [0.25, 0.3) is 0 Å². The molecule has 0 saturated heterocycles. The number of rotatable bonds is 18. The predicted octanol–water partition coefficient (Wildman–Crippen LogP) is 10.00. The fraction of sp³-hybridized carbons (Fsp3) is 1.00. The van der Waals surface area contributed by atoms with E-state index in [1.165, 1.54) is 64.2 Å². The Morgan fingerprint density at radius 2 is 0.737 bits per heavy atom. The fourth-order valence-corrected chi connectivity index (χ4v) is 5.50. The molecular weight excluding hydrogens is 665 g/mol. The van der Waals surface area contributed by atoms with Crippen molar-refractivity contribution >= 4 is 21.1 Å². The molecule has 0 heterocycles. The van der Waals surface area contributed by atoms with Gasteiger partial charge in [-0.3, -0.25) is 0 Å². The van der Waals surface area contributed by atoms with E-state index in [4.69, 9.17) is 4.74 Å². The summed E-state index contributed by atoms with van der Waals surface area (Å²) in [5.74, 6) is -12.3. The van der Waals surface area contributed by atoms with Crippen molar-refractivity contribution in [2.45, 2.75) is 123 Å². The molecule has 0 amide bonds. The van der Waals surface area contributed by atoms with Gasteiger partial charge in [-0.1, -0.05) is 65.2 Å². The van der Waals surface area contributed by atoms with E-state index in [-0.39, 0.29) is 0 Å². The summed E-state index contributed by atoms with van der Waals surface area (Å²) in [5, 5.41) is 0. The van der Waals surface area contributed by atoms with Gasteiger partial charge in [-0.15, -0.1) is 0 Å². The molecule has 38 heavy (non-hydrogen) atoms. The third-order valence-corrected chi connectivity index (χ3v) is 8.74. The van der Waals surface area contributed by atoms with Crippen LogP contribution in [-0.4, -0.2) is 66.4 Å². The Bertz CT molecular complexity index is 556. The van der Waals surface area contributed by atoms with Gasteiger partial charge >= 0.3 is 128 Å². The molecule has 0 N–H and O–H groups in total. The Kier molecular flexibility index (Phi) is 18.4. The summed E-state index contributed by atoms with van der Waals surface area (Å²) in [7, 11) is 0. The molecule has 0 aliphatic rings. The zero-order valence-electron chi connectivity index (χ0n) is 21.1. The first-order chi connectivity index (χ1) is 17.0. The normalized spacial score (nSPS) is 13.9. The Labute approximate surface area is 223 Å². The van der Waals surface area contributed by atoms with E-state index < -0.39 is 66.1 Å². The third-order valence-electron chi connectivity index (χ3n) is 4.86. The van der Waals surface area contributed by atoms with Crippen molar-refractivity contribution in [1.29, 1.82) is 0 Å². The van der Waals surface area contributed by atoms with Crippen molar-refractivity contribution in [1.82, 2.24) is 0 Å². The van der Waals surface area contributed by atoms with Crippen molar-refractivity contribution in [2.24, 2.45) is 0 Å². The summed E-state index contributed by atoms with van der Waals surface area (Å²) in [5.41, 5.74) is 0. The van der Waals surface area contributed by atoms with Crippen LogP contribution >= 0.6 is 0 Å². The molecule has 0 rings (SSSR count). The minimum atomic E-state index is -6.16. The third kappa shape index (κ3) is 19.0. The molecule has 0 unspecified atom stereocenters. The molecule has 0 saturated carbocycles. The van der Waals surface area contributed by atoms with E-state index in [9.17, 15) is 61.5 Å².